The minimum atomic E-state index is -0.550. The van der Waals surface area contributed by atoms with Crippen LogP contribution >= 0.6 is 0 Å². The Morgan fingerprint density at radius 1 is 1.56 bits per heavy atom. The second kappa shape index (κ2) is 4.23. The average Bonchev–Trinajstić information content (AvgIpc) is 2.62. The number of carbonyl (C=O) groups excluding carboxylic acids is 1. The normalized spacial score (nSPS) is 15.8. The van der Waals surface area contributed by atoms with E-state index in [0.29, 0.717) is 18.7 Å². The van der Waals surface area contributed by atoms with Crippen molar-refractivity contribution in [3.8, 4) is 0 Å². The number of cyclic esters (lactones) is 1. The molecule has 0 spiro atoms. The Morgan fingerprint density at radius 2 is 2.31 bits per heavy atom. The molecule has 0 aliphatic carbocycles. The summed E-state index contributed by atoms with van der Waals surface area (Å²) in [6.07, 6.45) is -0.550. The van der Waals surface area contributed by atoms with Gasteiger partial charge in [-0.2, -0.15) is 0 Å². The molecule has 0 saturated heterocycles. The molecule has 2 N–H and O–H groups in total. The Morgan fingerprint density at radius 3 is 3.00 bits per heavy atom. The summed E-state index contributed by atoms with van der Waals surface area (Å²) in [4.78, 5) is 11.3. The number of hydrogen-bond acceptors (Lipinski definition) is 4. The SMILES string of the molecule is CNCC(O)c1ccc2c(c1C)COC2=O. The van der Waals surface area contributed by atoms with E-state index in [0.717, 1.165) is 16.7 Å². The maximum atomic E-state index is 11.3. The number of esters is 1. The molecule has 1 aromatic carbocycles. The molecule has 1 aromatic rings. The molecular weight excluding hydrogens is 206 g/mol. The molecule has 1 atom stereocenters. The highest BCUT2D eigenvalue weighted by Gasteiger charge is 2.25. The Hall–Kier alpha value is -1.39. The second-order valence-electron chi connectivity index (χ2n) is 3.96. The molecule has 2 rings (SSSR count). The molecule has 0 radical (unpaired) electrons. The van der Waals surface area contributed by atoms with Gasteiger partial charge >= 0.3 is 5.97 Å². The number of likely N-dealkylation sites (N-methyl/N-ethyl adjacent to an activating group) is 1. The lowest BCUT2D eigenvalue weighted by atomic mass is 9.95. The molecular formula is C12H15NO3. The summed E-state index contributed by atoms with van der Waals surface area (Å²) in [7, 11) is 1.79. The molecule has 1 aliphatic rings. The first kappa shape index (κ1) is 11.1. The summed E-state index contributed by atoms with van der Waals surface area (Å²) in [6, 6.07) is 3.52. The van der Waals surface area contributed by atoms with E-state index in [-0.39, 0.29) is 5.97 Å². The van der Waals surface area contributed by atoms with Crippen LogP contribution < -0.4 is 5.32 Å². The van der Waals surface area contributed by atoms with Gasteiger partial charge in [-0.05, 0) is 31.2 Å². The highest BCUT2D eigenvalue weighted by Crippen LogP contribution is 2.28. The van der Waals surface area contributed by atoms with Crippen LogP contribution in [0.2, 0.25) is 0 Å². The molecule has 4 nitrogen and oxygen atoms in total. The summed E-state index contributed by atoms with van der Waals surface area (Å²) in [6.45, 7) is 2.73. The minimum absolute atomic E-state index is 0.271. The average molecular weight is 221 g/mol. The van der Waals surface area contributed by atoms with Gasteiger partial charge in [-0.15, -0.1) is 0 Å². The number of benzene rings is 1. The van der Waals surface area contributed by atoms with Gasteiger partial charge in [0.1, 0.15) is 6.61 Å². The number of aliphatic hydroxyl groups is 1. The van der Waals surface area contributed by atoms with Gasteiger partial charge in [-0.25, -0.2) is 4.79 Å². The monoisotopic (exact) mass is 221 g/mol. The smallest absolute Gasteiger partial charge is 0.338 e. The summed E-state index contributed by atoms with van der Waals surface area (Å²) in [5.41, 5.74) is 3.33. The third-order valence-electron chi connectivity index (χ3n) is 2.96. The predicted molar refractivity (Wildman–Crippen MR) is 59.2 cm³/mol. The lowest BCUT2D eigenvalue weighted by Gasteiger charge is -2.14. The van der Waals surface area contributed by atoms with Crippen molar-refractivity contribution < 1.29 is 14.6 Å². The number of hydrogen-bond donors (Lipinski definition) is 2. The molecule has 0 amide bonds. The standard InChI is InChI=1S/C12H15NO3/c1-7-8(11(14)5-13-2)3-4-9-10(7)6-16-12(9)15/h3-4,11,13-14H,5-6H2,1-2H3. The molecule has 1 heterocycles. The molecule has 4 heteroatoms. The lowest BCUT2D eigenvalue weighted by Crippen LogP contribution is -2.18. The number of carbonyl (C=O) groups is 1. The van der Waals surface area contributed by atoms with Gasteiger partial charge in [0, 0.05) is 12.1 Å². The first-order valence-corrected chi connectivity index (χ1v) is 5.27. The van der Waals surface area contributed by atoms with Gasteiger partial charge in [0.2, 0.25) is 0 Å². The van der Waals surface area contributed by atoms with E-state index < -0.39 is 6.10 Å². The van der Waals surface area contributed by atoms with E-state index in [1.807, 2.05) is 6.92 Å². The molecule has 0 saturated carbocycles. The van der Waals surface area contributed by atoms with Crippen molar-refractivity contribution in [2.24, 2.45) is 0 Å². The third-order valence-corrected chi connectivity index (χ3v) is 2.96. The Balaban J connectivity index is 2.40. The highest BCUT2D eigenvalue weighted by atomic mass is 16.5. The van der Waals surface area contributed by atoms with Crippen molar-refractivity contribution in [3.63, 3.8) is 0 Å². The first-order valence-electron chi connectivity index (χ1n) is 5.27. The van der Waals surface area contributed by atoms with E-state index in [4.69, 9.17) is 4.74 Å². The summed E-state index contributed by atoms with van der Waals surface area (Å²) in [5.74, 6) is -0.271. The van der Waals surface area contributed by atoms with Crippen LogP contribution in [0.1, 0.15) is 33.2 Å². The van der Waals surface area contributed by atoms with Crippen LogP contribution in [0.3, 0.4) is 0 Å². The van der Waals surface area contributed by atoms with Crippen molar-refractivity contribution in [3.05, 3.63) is 34.4 Å². The first-order chi connectivity index (χ1) is 7.65. The van der Waals surface area contributed by atoms with Gasteiger partial charge in [0.15, 0.2) is 0 Å². The zero-order chi connectivity index (χ0) is 11.7. The van der Waals surface area contributed by atoms with E-state index in [9.17, 15) is 9.90 Å². The Kier molecular flexibility index (Phi) is 2.94. The molecule has 86 valence electrons. The number of aliphatic hydroxyl groups excluding tert-OH is 1. The quantitative estimate of drug-likeness (QED) is 0.745. The fraction of sp³-hybridized carbons (Fsp3) is 0.417. The zero-order valence-electron chi connectivity index (χ0n) is 9.41. The molecule has 0 fully saturated rings. The van der Waals surface area contributed by atoms with Crippen LogP contribution in [0.5, 0.6) is 0 Å². The van der Waals surface area contributed by atoms with Crippen molar-refractivity contribution in [1.29, 1.82) is 0 Å². The Labute approximate surface area is 94.2 Å². The van der Waals surface area contributed by atoms with E-state index in [1.54, 1.807) is 19.2 Å². The molecule has 0 aromatic heterocycles. The van der Waals surface area contributed by atoms with Gasteiger partial charge in [0.25, 0.3) is 0 Å². The maximum Gasteiger partial charge on any atom is 0.338 e. The predicted octanol–water partition coefficient (Wildman–Crippen LogP) is 0.918. The van der Waals surface area contributed by atoms with Crippen LogP contribution in [0, 0.1) is 6.92 Å². The topological polar surface area (TPSA) is 58.6 Å². The summed E-state index contributed by atoms with van der Waals surface area (Å²) in [5, 5.41) is 12.8. The van der Waals surface area contributed by atoms with Gasteiger partial charge in [-0.1, -0.05) is 6.07 Å². The number of fused-ring (bicyclic) bond motifs is 1. The highest BCUT2D eigenvalue weighted by molar-refractivity contribution is 5.93. The molecule has 0 bridgehead atoms. The maximum absolute atomic E-state index is 11.3. The minimum Gasteiger partial charge on any atom is -0.457 e. The van der Waals surface area contributed by atoms with E-state index in [2.05, 4.69) is 5.32 Å². The number of ether oxygens (including phenoxy) is 1. The summed E-state index contributed by atoms with van der Waals surface area (Å²) < 4.78 is 4.96. The zero-order valence-corrected chi connectivity index (χ0v) is 9.41. The fourth-order valence-electron chi connectivity index (χ4n) is 2.03. The summed E-state index contributed by atoms with van der Waals surface area (Å²) >= 11 is 0. The lowest BCUT2D eigenvalue weighted by molar-refractivity contribution is 0.0535. The third kappa shape index (κ3) is 1.70. The van der Waals surface area contributed by atoms with Crippen LogP contribution in [-0.2, 0) is 11.3 Å². The molecule has 1 unspecified atom stereocenters. The fourth-order valence-corrected chi connectivity index (χ4v) is 2.03. The Bertz CT molecular complexity index is 429. The molecule has 16 heavy (non-hydrogen) atoms. The van der Waals surface area contributed by atoms with E-state index in [1.165, 1.54) is 0 Å². The van der Waals surface area contributed by atoms with Crippen molar-refractivity contribution >= 4 is 5.97 Å². The van der Waals surface area contributed by atoms with Crippen LogP contribution in [-0.4, -0.2) is 24.7 Å². The van der Waals surface area contributed by atoms with Crippen LogP contribution in [0.15, 0.2) is 12.1 Å². The van der Waals surface area contributed by atoms with Crippen LogP contribution in [0.25, 0.3) is 0 Å². The van der Waals surface area contributed by atoms with Gasteiger partial charge in [-0.3, -0.25) is 0 Å². The van der Waals surface area contributed by atoms with Crippen molar-refractivity contribution in [1.82, 2.24) is 5.32 Å². The molecule has 1 aliphatic heterocycles. The second-order valence-corrected chi connectivity index (χ2v) is 3.96. The van der Waals surface area contributed by atoms with Crippen molar-refractivity contribution in [2.45, 2.75) is 19.6 Å². The largest absolute Gasteiger partial charge is 0.457 e. The van der Waals surface area contributed by atoms with Gasteiger partial charge < -0.3 is 15.2 Å². The number of nitrogens with one attached hydrogen (secondary N) is 1. The van der Waals surface area contributed by atoms with E-state index >= 15 is 0 Å². The van der Waals surface area contributed by atoms with Crippen LogP contribution in [0.4, 0.5) is 0 Å². The van der Waals surface area contributed by atoms with Gasteiger partial charge in [0.05, 0.1) is 11.7 Å². The van der Waals surface area contributed by atoms with Crippen molar-refractivity contribution in [2.75, 3.05) is 13.6 Å². The number of rotatable bonds is 3.